The minimum Gasteiger partial charge on any atom is -0.346 e. The van der Waals surface area contributed by atoms with Crippen molar-refractivity contribution in [2.75, 3.05) is 12.4 Å². The highest BCUT2D eigenvalue weighted by molar-refractivity contribution is 9.10. The van der Waals surface area contributed by atoms with Crippen molar-refractivity contribution in [2.45, 2.75) is 13.1 Å². The van der Waals surface area contributed by atoms with Crippen molar-refractivity contribution in [2.24, 2.45) is 7.05 Å². The molecule has 0 aliphatic rings. The standard InChI is InChI=1S/C17H18BrClN6S/c1-23(11-16-14(18)8-20-24(16)2)17(26)22-13-7-21-25(10-13)9-12-5-3-4-6-15(12)19/h3-8,10H,9,11H2,1-2H3,(H,22,26). The van der Waals surface area contributed by atoms with Crippen molar-refractivity contribution in [1.82, 2.24) is 24.5 Å². The third kappa shape index (κ3) is 4.44. The van der Waals surface area contributed by atoms with Gasteiger partial charge in [-0.25, -0.2) is 0 Å². The number of thiocarbonyl (C=S) groups is 1. The van der Waals surface area contributed by atoms with Gasteiger partial charge < -0.3 is 10.2 Å². The number of nitrogens with zero attached hydrogens (tertiary/aromatic N) is 5. The van der Waals surface area contributed by atoms with Gasteiger partial charge in [0.25, 0.3) is 0 Å². The van der Waals surface area contributed by atoms with Crippen LogP contribution in [0.25, 0.3) is 0 Å². The maximum Gasteiger partial charge on any atom is 0.173 e. The lowest BCUT2D eigenvalue weighted by atomic mass is 10.2. The molecule has 1 N–H and O–H groups in total. The fraction of sp³-hybridized carbons (Fsp3) is 0.235. The molecule has 0 radical (unpaired) electrons. The van der Waals surface area contributed by atoms with Crippen molar-refractivity contribution in [3.05, 3.63) is 63.6 Å². The molecule has 1 aromatic carbocycles. The molecular weight excluding hydrogens is 436 g/mol. The highest BCUT2D eigenvalue weighted by atomic mass is 79.9. The van der Waals surface area contributed by atoms with Crippen LogP contribution in [0.2, 0.25) is 5.02 Å². The molecule has 3 rings (SSSR count). The van der Waals surface area contributed by atoms with Crippen molar-refractivity contribution < 1.29 is 0 Å². The SMILES string of the molecule is CN(Cc1c(Br)cnn1C)C(=S)Nc1cnn(Cc2ccccc2Cl)c1. The second-order valence-corrected chi connectivity index (χ2v) is 7.52. The number of rotatable bonds is 5. The van der Waals surface area contributed by atoms with E-state index in [1.54, 1.807) is 12.4 Å². The van der Waals surface area contributed by atoms with E-state index in [1.165, 1.54) is 0 Å². The third-order valence-electron chi connectivity index (χ3n) is 3.92. The molecule has 0 amide bonds. The van der Waals surface area contributed by atoms with Crippen LogP contribution in [0.1, 0.15) is 11.3 Å². The number of benzene rings is 1. The summed E-state index contributed by atoms with van der Waals surface area (Å²) in [5, 5.41) is 13.1. The van der Waals surface area contributed by atoms with E-state index in [0.717, 1.165) is 26.4 Å². The summed E-state index contributed by atoms with van der Waals surface area (Å²) >= 11 is 15.2. The van der Waals surface area contributed by atoms with Crippen LogP contribution in [0.3, 0.4) is 0 Å². The molecule has 0 spiro atoms. The van der Waals surface area contributed by atoms with Crippen molar-refractivity contribution in [1.29, 1.82) is 0 Å². The average Bonchev–Trinajstić information content (AvgIpc) is 3.18. The van der Waals surface area contributed by atoms with Crippen LogP contribution in [0.4, 0.5) is 5.69 Å². The molecule has 6 nitrogen and oxygen atoms in total. The van der Waals surface area contributed by atoms with Crippen LogP contribution in [0.5, 0.6) is 0 Å². The summed E-state index contributed by atoms with van der Waals surface area (Å²) in [6.45, 7) is 1.24. The summed E-state index contributed by atoms with van der Waals surface area (Å²) in [5.41, 5.74) is 2.90. The zero-order chi connectivity index (χ0) is 18.7. The minimum atomic E-state index is 0.603. The molecule has 0 saturated heterocycles. The van der Waals surface area contributed by atoms with E-state index in [-0.39, 0.29) is 0 Å². The number of aryl methyl sites for hydroxylation is 1. The lowest BCUT2D eigenvalue weighted by molar-refractivity contribution is 0.481. The molecule has 0 atom stereocenters. The summed E-state index contributed by atoms with van der Waals surface area (Å²) in [5.74, 6) is 0. The number of hydrogen-bond acceptors (Lipinski definition) is 3. The summed E-state index contributed by atoms with van der Waals surface area (Å²) in [4.78, 5) is 1.95. The van der Waals surface area contributed by atoms with Crippen molar-refractivity contribution in [3.63, 3.8) is 0 Å². The highest BCUT2D eigenvalue weighted by Gasteiger charge is 2.12. The number of nitrogens with one attached hydrogen (secondary N) is 1. The Morgan fingerprint density at radius 1 is 1.31 bits per heavy atom. The van der Waals surface area contributed by atoms with Crippen molar-refractivity contribution in [3.8, 4) is 0 Å². The van der Waals surface area contributed by atoms with Gasteiger partial charge in [-0.15, -0.1) is 0 Å². The Kier molecular flexibility index (Phi) is 5.95. The zero-order valence-electron chi connectivity index (χ0n) is 14.4. The molecular formula is C17H18BrClN6S. The lowest BCUT2D eigenvalue weighted by Gasteiger charge is -2.20. The van der Waals surface area contributed by atoms with E-state index in [4.69, 9.17) is 23.8 Å². The van der Waals surface area contributed by atoms with E-state index in [2.05, 4.69) is 31.4 Å². The van der Waals surface area contributed by atoms with Crippen LogP contribution >= 0.6 is 39.7 Å². The minimum absolute atomic E-state index is 0.603. The Morgan fingerprint density at radius 2 is 2.08 bits per heavy atom. The van der Waals surface area contributed by atoms with Gasteiger partial charge in [-0.2, -0.15) is 10.2 Å². The third-order valence-corrected chi connectivity index (χ3v) is 5.36. The highest BCUT2D eigenvalue weighted by Crippen LogP contribution is 2.18. The average molecular weight is 454 g/mol. The van der Waals surface area contributed by atoms with Gasteiger partial charge >= 0.3 is 0 Å². The first-order valence-corrected chi connectivity index (χ1v) is 9.46. The summed E-state index contributed by atoms with van der Waals surface area (Å²) < 4.78 is 4.61. The first-order valence-electron chi connectivity index (χ1n) is 7.88. The smallest absolute Gasteiger partial charge is 0.173 e. The van der Waals surface area contributed by atoms with E-state index in [9.17, 15) is 0 Å². The largest absolute Gasteiger partial charge is 0.346 e. The second-order valence-electron chi connectivity index (χ2n) is 5.87. The number of aromatic nitrogens is 4. The maximum atomic E-state index is 6.20. The molecule has 9 heteroatoms. The van der Waals surface area contributed by atoms with Gasteiger partial charge in [0, 0.05) is 25.3 Å². The van der Waals surface area contributed by atoms with Gasteiger partial charge in [0.1, 0.15) is 0 Å². The molecule has 0 aliphatic heterocycles. The number of halogens is 2. The Hall–Kier alpha value is -1.90. The van der Waals surface area contributed by atoms with Crippen LogP contribution in [-0.4, -0.2) is 36.6 Å². The fourth-order valence-electron chi connectivity index (χ4n) is 2.45. The molecule has 2 aromatic heterocycles. The van der Waals surface area contributed by atoms with Crippen LogP contribution in [-0.2, 0) is 20.1 Å². The fourth-order valence-corrected chi connectivity index (χ4v) is 3.30. The quantitative estimate of drug-likeness (QED) is 0.594. The second kappa shape index (κ2) is 8.20. The van der Waals surface area contributed by atoms with Gasteiger partial charge in [-0.3, -0.25) is 9.36 Å². The molecule has 0 unspecified atom stereocenters. The molecule has 0 fully saturated rings. The van der Waals surface area contributed by atoms with Crippen LogP contribution in [0, 0.1) is 0 Å². The van der Waals surface area contributed by atoms with Gasteiger partial charge in [0.05, 0.1) is 41.3 Å². The predicted octanol–water partition coefficient (Wildman–Crippen LogP) is 3.91. The Morgan fingerprint density at radius 3 is 2.77 bits per heavy atom. The predicted molar refractivity (Wildman–Crippen MR) is 111 cm³/mol. The van der Waals surface area contributed by atoms with Gasteiger partial charge in [0.2, 0.25) is 0 Å². The van der Waals surface area contributed by atoms with E-state index in [1.807, 2.05) is 58.8 Å². The van der Waals surface area contributed by atoms with E-state index in [0.29, 0.717) is 18.2 Å². The molecule has 0 bridgehead atoms. The first-order chi connectivity index (χ1) is 12.4. The Bertz CT molecular complexity index is 902. The zero-order valence-corrected chi connectivity index (χ0v) is 17.5. The Labute approximate surface area is 170 Å². The molecule has 0 aliphatic carbocycles. The van der Waals surface area contributed by atoms with E-state index < -0.39 is 0 Å². The molecule has 3 aromatic rings. The monoisotopic (exact) mass is 452 g/mol. The van der Waals surface area contributed by atoms with Gasteiger partial charge in [-0.05, 0) is 39.8 Å². The Balaban J connectivity index is 1.61. The maximum absolute atomic E-state index is 6.20. The molecule has 26 heavy (non-hydrogen) atoms. The van der Waals surface area contributed by atoms with Gasteiger partial charge in [0.15, 0.2) is 5.11 Å². The summed E-state index contributed by atoms with van der Waals surface area (Å²) in [7, 11) is 3.84. The van der Waals surface area contributed by atoms with Gasteiger partial charge in [-0.1, -0.05) is 29.8 Å². The van der Waals surface area contributed by atoms with Crippen LogP contribution < -0.4 is 5.32 Å². The summed E-state index contributed by atoms with van der Waals surface area (Å²) in [6, 6.07) is 7.74. The van der Waals surface area contributed by atoms with Crippen LogP contribution in [0.15, 0.2) is 47.3 Å². The molecule has 2 heterocycles. The number of anilines is 1. The molecule has 136 valence electrons. The molecule has 0 saturated carbocycles. The van der Waals surface area contributed by atoms with Crippen molar-refractivity contribution >= 4 is 50.5 Å². The van der Waals surface area contributed by atoms with E-state index >= 15 is 0 Å². The summed E-state index contributed by atoms with van der Waals surface area (Å²) in [6.07, 6.45) is 5.43. The first kappa shape index (κ1) is 18.9. The lowest BCUT2D eigenvalue weighted by Crippen LogP contribution is -2.31. The normalized spacial score (nSPS) is 10.8. The topological polar surface area (TPSA) is 50.9 Å². The number of hydrogen-bond donors (Lipinski definition) is 1.